The van der Waals surface area contributed by atoms with Gasteiger partial charge in [-0.3, -0.25) is 0 Å². The van der Waals surface area contributed by atoms with Crippen molar-refractivity contribution in [2.24, 2.45) is 0 Å². The molecule has 0 saturated heterocycles. The summed E-state index contributed by atoms with van der Waals surface area (Å²) in [5.74, 6) is -0.0209. The zero-order valence-corrected chi connectivity index (χ0v) is 12.4. The van der Waals surface area contributed by atoms with E-state index in [1.165, 1.54) is 26.2 Å². The molecule has 0 bridgehead atoms. The maximum Gasteiger partial charge on any atom is 0.261 e. The largest absolute Gasteiger partial charge is 0.261 e. The van der Waals surface area contributed by atoms with E-state index in [1.807, 2.05) is 0 Å². The summed E-state index contributed by atoms with van der Waals surface area (Å²) in [5.41, 5.74) is 0.740. The summed E-state index contributed by atoms with van der Waals surface area (Å²) in [7, 11) is 1.14. The predicted octanol–water partition coefficient (Wildman–Crippen LogP) is 1.05. The number of hydrogen-bond donors (Lipinski definition) is 0. The van der Waals surface area contributed by atoms with Gasteiger partial charge < -0.3 is 0 Å². The molecule has 1 aromatic carbocycles. The van der Waals surface area contributed by atoms with Crippen LogP contribution < -0.4 is 0 Å². The molecule has 0 unspecified atom stereocenters. The summed E-state index contributed by atoms with van der Waals surface area (Å²) in [6.45, 7) is 0. The van der Waals surface area contributed by atoms with Crippen LogP contribution in [0.3, 0.4) is 0 Å². The topological polar surface area (TPSA) is 71.5 Å². The quantitative estimate of drug-likeness (QED) is 0.762. The first-order valence-electron chi connectivity index (χ1n) is 5.07. The van der Waals surface area contributed by atoms with Crippen molar-refractivity contribution in [3.8, 4) is 0 Å². The average molecular weight is 312 g/mol. The van der Waals surface area contributed by atoms with Crippen molar-refractivity contribution in [1.29, 1.82) is 0 Å². The van der Waals surface area contributed by atoms with E-state index in [0.717, 1.165) is 9.87 Å². The first kappa shape index (κ1) is 15.4. The summed E-state index contributed by atoms with van der Waals surface area (Å²) >= 11 is 0. The van der Waals surface area contributed by atoms with Gasteiger partial charge in [0.1, 0.15) is 0 Å². The van der Waals surface area contributed by atoms with Gasteiger partial charge in [0.2, 0.25) is 10.0 Å². The van der Waals surface area contributed by atoms with Gasteiger partial charge in [-0.1, -0.05) is 12.1 Å². The van der Waals surface area contributed by atoms with E-state index in [9.17, 15) is 16.8 Å². The highest BCUT2D eigenvalue weighted by molar-refractivity contribution is 8.13. The summed E-state index contributed by atoms with van der Waals surface area (Å²) < 4.78 is 46.3. The van der Waals surface area contributed by atoms with Gasteiger partial charge in [0.15, 0.2) is 0 Å². The Labute approximate surface area is 112 Å². The van der Waals surface area contributed by atoms with Gasteiger partial charge in [0, 0.05) is 24.8 Å². The van der Waals surface area contributed by atoms with Gasteiger partial charge in [-0.15, -0.1) is 0 Å². The maximum atomic E-state index is 11.5. The van der Waals surface area contributed by atoms with E-state index >= 15 is 0 Å². The molecule has 0 aromatic heterocycles. The Balaban J connectivity index is 2.78. The fourth-order valence-electron chi connectivity index (χ4n) is 1.25. The van der Waals surface area contributed by atoms with Crippen molar-refractivity contribution in [3.05, 3.63) is 29.8 Å². The molecular formula is C10H14ClNO4S2. The second kappa shape index (κ2) is 5.56. The Bertz CT molecular complexity index is 606. The third-order valence-corrected chi connectivity index (χ3v) is 5.61. The summed E-state index contributed by atoms with van der Waals surface area (Å²) in [6.07, 6.45) is 0.323. The molecule has 0 fully saturated rings. The van der Waals surface area contributed by atoms with Gasteiger partial charge in [0.25, 0.3) is 9.05 Å². The lowest BCUT2D eigenvalue weighted by molar-refractivity contribution is 0.520. The van der Waals surface area contributed by atoms with Gasteiger partial charge >= 0.3 is 0 Å². The molecule has 0 aliphatic heterocycles. The summed E-state index contributed by atoms with van der Waals surface area (Å²) in [4.78, 5) is 0.00313. The Kier molecular flexibility index (Phi) is 4.77. The average Bonchev–Trinajstić information content (AvgIpc) is 2.25. The molecule has 1 rings (SSSR count). The van der Waals surface area contributed by atoms with E-state index in [-0.39, 0.29) is 10.6 Å². The molecule has 102 valence electrons. The number of halogens is 1. The number of hydrogen-bond acceptors (Lipinski definition) is 4. The number of aryl methyl sites for hydroxylation is 1. The van der Waals surface area contributed by atoms with E-state index in [0.29, 0.717) is 6.42 Å². The Morgan fingerprint density at radius 3 is 1.94 bits per heavy atom. The molecule has 0 heterocycles. The summed E-state index contributed by atoms with van der Waals surface area (Å²) in [5, 5.41) is 0. The molecule has 0 aliphatic carbocycles. The lowest BCUT2D eigenvalue weighted by Crippen LogP contribution is -2.26. The molecule has 1 aromatic rings. The van der Waals surface area contributed by atoms with Gasteiger partial charge in [-0.2, -0.15) is 0 Å². The van der Waals surface area contributed by atoms with Crippen molar-refractivity contribution in [2.75, 3.05) is 19.8 Å². The Morgan fingerprint density at radius 2 is 1.56 bits per heavy atom. The van der Waals surface area contributed by atoms with E-state index in [4.69, 9.17) is 10.7 Å². The Morgan fingerprint density at radius 1 is 1.06 bits per heavy atom. The highest BCUT2D eigenvalue weighted by atomic mass is 35.7. The minimum absolute atomic E-state index is 0.00313. The first-order valence-corrected chi connectivity index (χ1v) is 8.98. The highest BCUT2D eigenvalue weighted by Gasteiger charge is 2.14. The zero-order valence-electron chi connectivity index (χ0n) is 10.00. The molecule has 0 radical (unpaired) electrons. The van der Waals surface area contributed by atoms with Crippen molar-refractivity contribution in [2.45, 2.75) is 11.3 Å². The van der Waals surface area contributed by atoms with E-state index < -0.39 is 19.1 Å². The van der Waals surface area contributed by atoms with Gasteiger partial charge in [0.05, 0.1) is 10.6 Å². The monoisotopic (exact) mass is 311 g/mol. The fraction of sp³-hybridized carbons (Fsp3) is 0.400. The van der Waals surface area contributed by atoms with Crippen LogP contribution in [-0.2, 0) is 25.5 Å². The van der Waals surface area contributed by atoms with Crippen LogP contribution in [0.1, 0.15) is 5.56 Å². The third-order valence-electron chi connectivity index (χ3n) is 2.41. The standard InChI is InChI=1S/C10H14ClNO4S2/c1-12(2)17(13,14)8-7-9-3-5-10(6-4-9)18(11,15)16/h3-6H,7-8H2,1-2H3. The van der Waals surface area contributed by atoms with Crippen LogP contribution in [-0.4, -0.2) is 41.0 Å². The second-order valence-corrected chi connectivity index (χ2v) is 8.80. The number of sulfonamides is 1. The minimum atomic E-state index is -3.73. The van der Waals surface area contributed by atoms with Gasteiger partial charge in [-0.05, 0) is 24.1 Å². The third kappa shape index (κ3) is 4.24. The van der Waals surface area contributed by atoms with E-state index in [1.54, 1.807) is 12.1 Å². The number of nitrogens with zero attached hydrogens (tertiary/aromatic N) is 1. The van der Waals surface area contributed by atoms with Crippen LogP contribution in [0.2, 0.25) is 0 Å². The molecule has 0 aliphatic rings. The van der Waals surface area contributed by atoms with Crippen LogP contribution in [0.5, 0.6) is 0 Å². The van der Waals surface area contributed by atoms with Crippen molar-refractivity contribution in [1.82, 2.24) is 4.31 Å². The molecule has 8 heteroatoms. The number of benzene rings is 1. The normalized spacial score (nSPS) is 12.9. The molecule has 0 amide bonds. The minimum Gasteiger partial charge on any atom is -0.212 e. The molecule has 0 saturated carbocycles. The van der Waals surface area contributed by atoms with Crippen LogP contribution in [0, 0.1) is 0 Å². The van der Waals surface area contributed by atoms with Gasteiger partial charge in [-0.25, -0.2) is 21.1 Å². The molecule has 5 nitrogen and oxygen atoms in total. The molecule has 0 spiro atoms. The van der Waals surface area contributed by atoms with Crippen molar-refractivity contribution in [3.63, 3.8) is 0 Å². The van der Waals surface area contributed by atoms with Crippen LogP contribution >= 0.6 is 10.7 Å². The second-order valence-electron chi connectivity index (χ2n) is 3.93. The summed E-state index contributed by atoms with van der Waals surface area (Å²) in [6, 6.07) is 5.83. The van der Waals surface area contributed by atoms with E-state index in [2.05, 4.69) is 0 Å². The first-order chi connectivity index (χ1) is 8.13. The van der Waals surface area contributed by atoms with Crippen LogP contribution in [0.25, 0.3) is 0 Å². The Hall–Kier alpha value is -0.630. The van der Waals surface area contributed by atoms with Crippen LogP contribution in [0.4, 0.5) is 0 Å². The van der Waals surface area contributed by atoms with Crippen molar-refractivity contribution < 1.29 is 16.8 Å². The molecule has 0 atom stereocenters. The fourth-order valence-corrected chi connectivity index (χ4v) is 2.88. The highest BCUT2D eigenvalue weighted by Crippen LogP contribution is 2.15. The zero-order chi connectivity index (χ0) is 14.0. The molecule has 0 N–H and O–H groups in total. The molecule has 18 heavy (non-hydrogen) atoms. The van der Waals surface area contributed by atoms with Crippen molar-refractivity contribution >= 4 is 29.8 Å². The van der Waals surface area contributed by atoms with Crippen LogP contribution in [0.15, 0.2) is 29.2 Å². The number of rotatable bonds is 5. The SMILES string of the molecule is CN(C)S(=O)(=O)CCc1ccc(S(=O)(=O)Cl)cc1. The lowest BCUT2D eigenvalue weighted by Gasteiger charge is -2.10. The smallest absolute Gasteiger partial charge is 0.212 e. The lowest BCUT2D eigenvalue weighted by atomic mass is 10.2. The maximum absolute atomic E-state index is 11.5. The molecular weight excluding hydrogens is 298 g/mol. The predicted molar refractivity (Wildman–Crippen MR) is 70.7 cm³/mol.